The minimum Gasteiger partial charge on any atom is -0.759 e. The first-order valence-corrected chi connectivity index (χ1v) is 27.0. The van der Waals surface area contributed by atoms with Gasteiger partial charge in [0.15, 0.2) is 12.1 Å². The van der Waals surface area contributed by atoms with E-state index in [9.17, 15) is 19.2 Å². The highest BCUT2D eigenvalue weighted by Gasteiger charge is 2.49. The number of rotatable bonds is 10. The van der Waals surface area contributed by atoms with Crippen molar-refractivity contribution in [1.29, 1.82) is 0 Å². The number of halogens is 2. The number of benzene rings is 6. The Kier molecular flexibility index (Phi) is 19.7. The van der Waals surface area contributed by atoms with Gasteiger partial charge in [-0.3, -0.25) is 18.0 Å². The Labute approximate surface area is 428 Å². The zero-order valence-corrected chi connectivity index (χ0v) is 42.4. The SMILES string of the molecule is CCSC1=[N+](c2ccccc2)C(=O)[C@@H](NC(=O)c2ccccc2)[C@@H](c2ccc(Cl)cc2)S1.CCSC1=[N+](c2ccccc2)C(=O)[C@@H](NC(=O)c2ccccc2)[C@@H](c2ccc(Cl)cc2)S1.O=S(=O)([O-])[O-]. The van der Waals surface area contributed by atoms with Crippen LogP contribution in [0.3, 0.4) is 0 Å². The summed E-state index contributed by atoms with van der Waals surface area (Å²) in [6.07, 6.45) is 0. The Morgan fingerprint density at radius 1 is 0.536 bits per heavy atom. The molecule has 0 spiro atoms. The van der Waals surface area contributed by atoms with Gasteiger partial charge in [-0.1, -0.05) is 134 Å². The Morgan fingerprint density at radius 2 is 0.826 bits per heavy atom. The van der Waals surface area contributed by atoms with Gasteiger partial charge >= 0.3 is 11.8 Å². The smallest absolute Gasteiger partial charge is 0.418 e. The molecule has 8 rings (SSSR count). The maximum Gasteiger partial charge on any atom is 0.418 e. The van der Waals surface area contributed by atoms with E-state index < -0.39 is 22.5 Å². The predicted molar refractivity (Wildman–Crippen MR) is 278 cm³/mol. The van der Waals surface area contributed by atoms with Crippen LogP contribution >= 0.6 is 70.2 Å². The maximum atomic E-state index is 13.9. The first kappa shape index (κ1) is 53.1. The van der Waals surface area contributed by atoms with Crippen molar-refractivity contribution in [2.75, 3.05) is 11.5 Å². The normalized spacial score (nSPS) is 18.0. The lowest BCUT2D eigenvalue weighted by Gasteiger charge is -2.28. The van der Waals surface area contributed by atoms with E-state index >= 15 is 0 Å². The summed E-state index contributed by atoms with van der Waals surface area (Å²) in [4.78, 5) is 53.8. The molecule has 12 nitrogen and oxygen atoms in total. The van der Waals surface area contributed by atoms with Crippen molar-refractivity contribution in [3.63, 3.8) is 0 Å². The summed E-state index contributed by atoms with van der Waals surface area (Å²) in [5, 5.41) is 6.71. The fourth-order valence-corrected chi connectivity index (χ4v) is 12.5. The fraction of sp³-hybridized carbons (Fsp3) is 0.160. The van der Waals surface area contributed by atoms with Crippen LogP contribution < -0.4 is 10.6 Å². The van der Waals surface area contributed by atoms with Crippen molar-refractivity contribution in [2.45, 2.75) is 36.4 Å². The van der Waals surface area contributed by atoms with Crippen LogP contribution in [0.15, 0.2) is 170 Å². The summed E-state index contributed by atoms with van der Waals surface area (Å²) in [6, 6.07) is 50.5. The van der Waals surface area contributed by atoms with Gasteiger partial charge in [0.05, 0.1) is 10.5 Å². The summed E-state index contributed by atoms with van der Waals surface area (Å²) in [5.41, 5.74) is 4.48. The van der Waals surface area contributed by atoms with Crippen LogP contribution in [0.5, 0.6) is 0 Å². The number of hydrogen-bond donors (Lipinski definition) is 2. The minimum atomic E-state index is -5.17. The molecular formula is C50H44Cl2N4O8S5. The van der Waals surface area contributed by atoms with Gasteiger partial charge in [0, 0.05) is 67.3 Å². The third-order valence-electron chi connectivity index (χ3n) is 10.0. The van der Waals surface area contributed by atoms with Gasteiger partial charge in [-0.05, 0) is 107 Å². The molecule has 2 aliphatic rings. The van der Waals surface area contributed by atoms with E-state index in [1.807, 2.05) is 146 Å². The molecule has 4 atom stereocenters. The number of amides is 4. The topological polar surface area (TPSA) is 179 Å². The van der Waals surface area contributed by atoms with Crippen molar-refractivity contribution in [1.82, 2.24) is 10.6 Å². The highest BCUT2D eigenvalue weighted by molar-refractivity contribution is 8.39. The van der Waals surface area contributed by atoms with Gasteiger partial charge in [0.25, 0.3) is 20.6 Å². The number of hydrogen-bond acceptors (Lipinski definition) is 12. The first-order valence-electron chi connectivity index (χ1n) is 21.2. The second-order valence-corrected chi connectivity index (χ2v) is 21.6. The standard InChI is InChI=1S/2C25H21ClN2O2S2.H2O4S/c2*1-2-31-25-28(20-11-7-4-8-12-20)24(30)21(27-23(29)18-9-5-3-6-10-18)22(32-25)17-13-15-19(26)16-14-17;1-5(2,3)4/h2*3-16,21-22H,2H2,1H3;(H2,1,2,3,4)/t2*21-,22+;/m00./s1. The summed E-state index contributed by atoms with van der Waals surface area (Å²) in [5.74, 6) is 0.789. The van der Waals surface area contributed by atoms with Gasteiger partial charge in [-0.2, -0.15) is 0 Å². The van der Waals surface area contributed by atoms with E-state index in [1.165, 1.54) is 0 Å². The van der Waals surface area contributed by atoms with Gasteiger partial charge in [0.1, 0.15) is 0 Å². The van der Waals surface area contributed by atoms with E-state index in [0.717, 1.165) is 42.8 Å². The van der Waals surface area contributed by atoms with Gasteiger partial charge in [-0.25, -0.2) is 9.59 Å². The number of carbonyl (C=O) groups is 4. The van der Waals surface area contributed by atoms with Gasteiger partial charge in [0.2, 0.25) is 11.4 Å². The summed E-state index contributed by atoms with van der Waals surface area (Å²) >= 11 is 18.6. The van der Waals surface area contributed by atoms with E-state index in [2.05, 4.69) is 24.5 Å². The molecule has 2 heterocycles. The third kappa shape index (κ3) is 14.9. The molecular weight excluding hydrogens is 1020 g/mol. The molecule has 0 aliphatic carbocycles. The lowest BCUT2D eigenvalue weighted by atomic mass is 10.0. The maximum absolute atomic E-state index is 13.9. The third-order valence-corrected chi connectivity index (χ3v) is 15.6. The zero-order valence-electron chi connectivity index (χ0n) is 36.8. The quantitative estimate of drug-likeness (QED) is 0.0755. The molecule has 0 radical (unpaired) electrons. The van der Waals surface area contributed by atoms with Gasteiger partial charge < -0.3 is 19.7 Å². The van der Waals surface area contributed by atoms with E-state index in [-0.39, 0.29) is 34.1 Å². The van der Waals surface area contributed by atoms with Crippen LogP contribution in [0, 0.1) is 0 Å². The lowest BCUT2D eigenvalue weighted by Crippen LogP contribution is -2.50. The highest BCUT2D eigenvalue weighted by Crippen LogP contribution is 2.43. The summed E-state index contributed by atoms with van der Waals surface area (Å²) in [6.45, 7) is 4.12. The van der Waals surface area contributed by atoms with Crippen molar-refractivity contribution in [3.05, 3.63) is 202 Å². The molecule has 0 bridgehead atoms. The second kappa shape index (κ2) is 25.6. The van der Waals surface area contributed by atoms with Crippen LogP contribution in [0.1, 0.15) is 56.2 Å². The molecule has 2 N–H and O–H groups in total. The van der Waals surface area contributed by atoms with Crippen LogP contribution in [-0.4, -0.2) is 82.6 Å². The lowest BCUT2D eigenvalue weighted by molar-refractivity contribution is -0.366. The van der Waals surface area contributed by atoms with E-state index in [4.69, 9.17) is 40.7 Å². The van der Waals surface area contributed by atoms with E-state index in [1.54, 1.807) is 80.5 Å². The summed E-state index contributed by atoms with van der Waals surface area (Å²) in [7, 11) is -5.17. The highest BCUT2D eigenvalue weighted by atomic mass is 35.5. The number of nitrogens with zero attached hydrogens (tertiary/aromatic N) is 2. The number of thioether (sulfide) groups is 4. The van der Waals surface area contributed by atoms with E-state index in [0.29, 0.717) is 21.2 Å². The van der Waals surface area contributed by atoms with Crippen LogP contribution in [0.25, 0.3) is 0 Å². The molecule has 0 saturated heterocycles. The largest absolute Gasteiger partial charge is 0.759 e. The monoisotopic (exact) mass is 1060 g/mol. The molecule has 0 aromatic heterocycles. The molecule has 4 amide bonds. The zero-order chi connectivity index (χ0) is 49.5. The molecule has 0 saturated carbocycles. The Bertz CT molecular complexity index is 2710. The average Bonchev–Trinajstić information content (AvgIpc) is 3.34. The minimum absolute atomic E-state index is 0.157. The average molecular weight is 1060 g/mol. The number of carbonyl (C=O) groups excluding carboxylic acids is 4. The van der Waals surface area contributed by atoms with Crippen molar-refractivity contribution in [2.24, 2.45) is 0 Å². The molecule has 356 valence electrons. The summed E-state index contributed by atoms with van der Waals surface area (Å²) < 4.78 is 39.3. The molecule has 0 fully saturated rings. The van der Waals surface area contributed by atoms with Crippen LogP contribution in [0.2, 0.25) is 10.0 Å². The second-order valence-electron chi connectivity index (χ2n) is 14.6. The fourth-order valence-electron chi connectivity index (χ4n) is 6.97. The van der Waals surface area contributed by atoms with Crippen LogP contribution in [0.4, 0.5) is 11.4 Å². The molecule has 69 heavy (non-hydrogen) atoms. The van der Waals surface area contributed by atoms with Crippen molar-refractivity contribution < 1.29 is 45.9 Å². The number of nitrogens with one attached hydrogen (secondary N) is 2. The Morgan fingerprint density at radius 3 is 1.12 bits per heavy atom. The van der Waals surface area contributed by atoms with Gasteiger partial charge in [-0.15, -0.1) is 9.15 Å². The van der Waals surface area contributed by atoms with Crippen molar-refractivity contribution in [3.8, 4) is 0 Å². The Hall–Kier alpha value is -5.21. The van der Waals surface area contributed by atoms with Crippen LogP contribution in [-0.2, 0) is 20.0 Å². The molecule has 19 heteroatoms. The first-order chi connectivity index (χ1) is 33.2. The number of para-hydroxylation sites is 2. The molecule has 2 aliphatic heterocycles. The van der Waals surface area contributed by atoms with Crippen molar-refractivity contribution >= 4 is 124 Å². The Balaban J connectivity index is 0.000000207. The molecule has 0 unspecified atom stereocenters. The predicted octanol–water partition coefficient (Wildman–Crippen LogP) is 10.5. The molecule has 6 aromatic rings. The molecule has 6 aromatic carbocycles.